The van der Waals surface area contributed by atoms with Gasteiger partial charge in [0.2, 0.25) is 5.91 Å². The number of ether oxygens (including phenoxy) is 1. The van der Waals surface area contributed by atoms with E-state index in [2.05, 4.69) is 10.3 Å². The van der Waals surface area contributed by atoms with Gasteiger partial charge in [-0.15, -0.1) is 0 Å². The van der Waals surface area contributed by atoms with Crippen LogP contribution in [0, 0.1) is 5.92 Å². The van der Waals surface area contributed by atoms with Crippen LogP contribution in [-0.2, 0) is 11.2 Å². The topological polar surface area (TPSA) is 101 Å². The largest absolute Gasteiger partial charge is 0.457 e. The van der Waals surface area contributed by atoms with Crippen LogP contribution in [0.1, 0.15) is 22.3 Å². The van der Waals surface area contributed by atoms with Gasteiger partial charge >= 0.3 is 0 Å². The Hall–Kier alpha value is -3.71. The highest BCUT2D eigenvalue weighted by Gasteiger charge is 2.19. The van der Waals surface area contributed by atoms with Gasteiger partial charge in [-0.25, -0.2) is 5.48 Å². The zero-order chi connectivity index (χ0) is 21.2. The van der Waals surface area contributed by atoms with Crippen LogP contribution in [0.2, 0.25) is 0 Å². The number of carbonyl (C=O) groups excluding carboxylic acids is 2. The number of nitrogens with one attached hydrogen (secondary N) is 2. The van der Waals surface area contributed by atoms with Crippen LogP contribution < -0.4 is 15.5 Å². The molecule has 7 nitrogen and oxygen atoms in total. The SMILES string of the molecule is O=C(NCCC(Cc1cccnc1)C(=O)NO)c1ccc(Oc2ccccc2)cc1. The maximum atomic E-state index is 12.4. The van der Waals surface area contributed by atoms with Gasteiger partial charge < -0.3 is 10.1 Å². The van der Waals surface area contributed by atoms with Gasteiger partial charge in [0.1, 0.15) is 11.5 Å². The van der Waals surface area contributed by atoms with Gasteiger partial charge in [-0.3, -0.25) is 19.8 Å². The molecule has 1 heterocycles. The summed E-state index contributed by atoms with van der Waals surface area (Å²) < 4.78 is 5.72. The van der Waals surface area contributed by atoms with Crippen LogP contribution in [0.25, 0.3) is 0 Å². The highest BCUT2D eigenvalue weighted by Crippen LogP contribution is 2.21. The fourth-order valence-electron chi connectivity index (χ4n) is 2.98. The lowest BCUT2D eigenvalue weighted by atomic mass is 9.96. The summed E-state index contributed by atoms with van der Waals surface area (Å²) in [7, 11) is 0. The number of benzene rings is 2. The molecule has 0 saturated carbocycles. The number of aromatic nitrogens is 1. The Balaban J connectivity index is 1.51. The van der Waals surface area contributed by atoms with E-state index in [9.17, 15) is 9.59 Å². The minimum absolute atomic E-state index is 0.245. The molecule has 30 heavy (non-hydrogen) atoms. The van der Waals surface area contributed by atoms with Crippen LogP contribution in [0.3, 0.4) is 0 Å². The zero-order valence-corrected chi connectivity index (χ0v) is 16.3. The highest BCUT2D eigenvalue weighted by molar-refractivity contribution is 5.94. The molecule has 0 aliphatic carbocycles. The van der Waals surface area contributed by atoms with Crippen molar-refractivity contribution in [3.63, 3.8) is 0 Å². The summed E-state index contributed by atoms with van der Waals surface area (Å²) in [4.78, 5) is 28.4. The van der Waals surface area contributed by atoms with Crippen LogP contribution in [0.4, 0.5) is 0 Å². The summed E-state index contributed by atoms with van der Waals surface area (Å²) in [5.74, 6) is 0.132. The molecule has 1 atom stereocenters. The summed E-state index contributed by atoms with van der Waals surface area (Å²) in [5.41, 5.74) is 3.07. The highest BCUT2D eigenvalue weighted by atomic mass is 16.5. The number of amides is 2. The third kappa shape index (κ3) is 6.15. The van der Waals surface area contributed by atoms with Crippen LogP contribution in [-0.4, -0.2) is 28.6 Å². The molecule has 0 saturated heterocycles. The number of carbonyl (C=O) groups is 2. The first-order valence-corrected chi connectivity index (χ1v) is 9.59. The summed E-state index contributed by atoms with van der Waals surface area (Å²) in [6.45, 7) is 0.291. The Labute approximate surface area is 174 Å². The summed E-state index contributed by atoms with van der Waals surface area (Å²) in [5, 5.41) is 11.8. The summed E-state index contributed by atoms with van der Waals surface area (Å²) >= 11 is 0. The molecule has 154 valence electrons. The van der Waals surface area contributed by atoms with E-state index < -0.39 is 11.8 Å². The second kappa shape index (κ2) is 10.7. The van der Waals surface area contributed by atoms with Crippen molar-refractivity contribution in [3.8, 4) is 11.5 Å². The molecule has 0 fully saturated rings. The van der Waals surface area contributed by atoms with Crippen molar-refractivity contribution in [2.75, 3.05) is 6.54 Å². The van der Waals surface area contributed by atoms with Gasteiger partial charge in [0, 0.05) is 30.4 Å². The van der Waals surface area contributed by atoms with Crippen molar-refractivity contribution < 1.29 is 19.5 Å². The molecule has 0 spiro atoms. The quantitative estimate of drug-likeness (QED) is 0.374. The minimum atomic E-state index is -0.490. The van der Waals surface area contributed by atoms with Crippen LogP contribution in [0.5, 0.6) is 11.5 Å². The second-order valence-corrected chi connectivity index (χ2v) is 6.72. The van der Waals surface area contributed by atoms with E-state index in [0.717, 1.165) is 11.3 Å². The first-order valence-electron chi connectivity index (χ1n) is 9.59. The lowest BCUT2D eigenvalue weighted by molar-refractivity contribution is -0.133. The Kier molecular flexibility index (Phi) is 7.51. The third-order valence-electron chi connectivity index (χ3n) is 4.56. The van der Waals surface area contributed by atoms with Gasteiger partial charge in [0.25, 0.3) is 5.91 Å². The molecule has 1 aromatic heterocycles. The Bertz CT molecular complexity index is 947. The zero-order valence-electron chi connectivity index (χ0n) is 16.3. The normalized spacial score (nSPS) is 11.4. The number of hydrogen-bond donors (Lipinski definition) is 3. The molecule has 3 N–H and O–H groups in total. The Morgan fingerprint density at radius 2 is 1.70 bits per heavy atom. The van der Waals surface area contributed by atoms with Crippen LogP contribution in [0.15, 0.2) is 79.1 Å². The predicted octanol–water partition coefficient (Wildman–Crippen LogP) is 3.36. The fraction of sp³-hybridized carbons (Fsp3) is 0.174. The van der Waals surface area contributed by atoms with Gasteiger partial charge in [0.05, 0.1) is 0 Å². The number of hydroxylamine groups is 1. The van der Waals surface area contributed by atoms with E-state index in [0.29, 0.717) is 30.7 Å². The average Bonchev–Trinajstić information content (AvgIpc) is 2.79. The molecule has 1 unspecified atom stereocenters. The number of nitrogens with zero attached hydrogens (tertiary/aromatic N) is 1. The lowest BCUT2D eigenvalue weighted by Crippen LogP contribution is -2.33. The minimum Gasteiger partial charge on any atom is -0.457 e. The smallest absolute Gasteiger partial charge is 0.251 e. The van der Waals surface area contributed by atoms with Crippen molar-refractivity contribution >= 4 is 11.8 Å². The van der Waals surface area contributed by atoms with E-state index in [4.69, 9.17) is 9.94 Å². The Morgan fingerprint density at radius 3 is 2.37 bits per heavy atom. The molecule has 3 rings (SSSR count). The first-order chi connectivity index (χ1) is 14.7. The maximum Gasteiger partial charge on any atom is 0.251 e. The number of pyridine rings is 1. The van der Waals surface area contributed by atoms with Gasteiger partial charge in [-0.05, 0) is 60.9 Å². The van der Waals surface area contributed by atoms with Crippen molar-refractivity contribution in [1.29, 1.82) is 0 Å². The average molecular weight is 405 g/mol. The van der Waals surface area contributed by atoms with E-state index in [1.165, 1.54) is 0 Å². The Morgan fingerprint density at radius 1 is 0.967 bits per heavy atom. The van der Waals surface area contributed by atoms with Crippen molar-refractivity contribution in [1.82, 2.24) is 15.8 Å². The first kappa shape index (κ1) is 21.0. The van der Waals surface area contributed by atoms with Gasteiger partial charge in [-0.1, -0.05) is 24.3 Å². The molecular weight excluding hydrogens is 382 g/mol. The van der Waals surface area contributed by atoms with Crippen LogP contribution >= 0.6 is 0 Å². The summed E-state index contributed by atoms with van der Waals surface area (Å²) in [6, 6.07) is 19.9. The molecule has 0 aliphatic heterocycles. The monoisotopic (exact) mass is 405 g/mol. The standard InChI is InChI=1S/C23H23N3O4/c27-22(18-8-10-21(11-9-18)30-20-6-2-1-3-7-20)25-14-12-19(23(28)26-29)15-17-5-4-13-24-16-17/h1-11,13,16,19,29H,12,14-15H2,(H,25,27)(H,26,28). The number of rotatable bonds is 9. The second-order valence-electron chi connectivity index (χ2n) is 6.72. The molecule has 0 aliphatic rings. The molecule has 7 heteroatoms. The third-order valence-corrected chi connectivity index (χ3v) is 4.56. The lowest BCUT2D eigenvalue weighted by Gasteiger charge is -2.15. The predicted molar refractivity (Wildman–Crippen MR) is 111 cm³/mol. The molecule has 3 aromatic rings. The maximum absolute atomic E-state index is 12.4. The molecule has 2 aromatic carbocycles. The van der Waals surface area contributed by atoms with Crippen molar-refractivity contribution in [2.24, 2.45) is 5.92 Å². The molecule has 2 amide bonds. The van der Waals surface area contributed by atoms with Gasteiger partial charge in [0.15, 0.2) is 0 Å². The summed E-state index contributed by atoms with van der Waals surface area (Å²) in [6.07, 6.45) is 4.13. The van der Waals surface area contributed by atoms with E-state index >= 15 is 0 Å². The molecular formula is C23H23N3O4. The number of para-hydroxylation sites is 1. The van der Waals surface area contributed by atoms with Crippen molar-refractivity contribution in [2.45, 2.75) is 12.8 Å². The molecule has 0 bridgehead atoms. The molecule has 0 radical (unpaired) electrons. The van der Waals surface area contributed by atoms with Gasteiger partial charge in [-0.2, -0.15) is 0 Å². The number of hydrogen-bond acceptors (Lipinski definition) is 5. The van der Waals surface area contributed by atoms with E-state index in [1.807, 2.05) is 36.4 Å². The fourth-order valence-corrected chi connectivity index (χ4v) is 2.98. The van der Waals surface area contributed by atoms with E-state index in [-0.39, 0.29) is 5.91 Å². The van der Waals surface area contributed by atoms with E-state index in [1.54, 1.807) is 48.2 Å². The van der Waals surface area contributed by atoms with Crippen molar-refractivity contribution in [3.05, 3.63) is 90.3 Å².